The molecule has 4 aromatic rings. The molecule has 0 spiro atoms. The molecule has 214 valence electrons. The van der Waals surface area contributed by atoms with Gasteiger partial charge in [0.1, 0.15) is 11.7 Å². The molecule has 0 bridgehead atoms. The second-order valence-electron chi connectivity index (χ2n) is 10.3. The summed E-state index contributed by atoms with van der Waals surface area (Å²) in [6, 6.07) is 18.4. The van der Waals surface area contributed by atoms with E-state index in [1.54, 1.807) is 42.5 Å². The fraction of sp³-hybridized carbons (Fsp3) is 0.267. The minimum Gasteiger partial charge on any atom is -0.384 e. The third-order valence-corrected chi connectivity index (χ3v) is 9.49. The third-order valence-electron chi connectivity index (χ3n) is 7.48. The molecule has 0 amide bonds. The van der Waals surface area contributed by atoms with E-state index >= 15 is 0 Å². The summed E-state index contributed by atoms with van der Waals surface area (Å²) in [4.78, 5) is 4.83. The molecular weight excluding hydrogens is 579 g/mol. The number of imidazole rings is 1. The molecule has 0 saturated heterocycles. The van der Waals surface area contributed by atoms with Crippen LogP contribution in [-0.2, 0) is 29.4 Å². The number of fused-ring (bicyclic) bond motifs is 1. The minimum absolute atomic E-state index is 0.0502. The summed E-state index contributed by atoms with van der Waals surface area (Å²) in [5.41, 5.74) is 15.4. The number of nitrogens with zero attached hydrogens (tertiary/aromatic N) is 2. The van der Waals surface area contributed by atoms with Crippen LogP contribution in [0.25, 0.3) is 11.1 Å². The first kappa shape index (κ1) is 29.3. The van der Waals surface area contributed by atoms with Crippen LogP contribution >= 0.6 is 23.2 Å². The summed E-state index contributed by atoms with van der Waals surface area (Å²) >= 11 is 12.5. The van der Waals surface area contributed by atoms with Crippen molar-refractivity contribution in [3.8, 4) is 11.1 Å². The molecule has 1 aliphatic rings. The summed E-state index contributed by atoms with van der Waals surface area (Å²) < 4.78 is 32.8. The summed E-state index contributed by atoms with van der Waals surface area (Å²) in [7, 11) is -3.99. The van der Waals surface area contributed by atoms with E-state index in [0.717, 1.165) is 37.1 Å². The highest BCUT2D eigenvalue weighted by Gasteiger charge is 2.29. The Kier molecular flexibility index (Phi) is 8.82. The summed E-state index contributed by atoms with van der Waals surface area (Å²) in [6.45, 7) is 1.38. The number of halogens is 2. The van der Waals surface area contributed by atoms with Gasteiger partial charge in [-0.3, -0.25) is 5.41 Å². The van der Waals surface area contributed by atoms with Crippen molar-refractivity contribution < 1.29 is 8.42 Å². The maximum absolute atomic E-state index is 13.9. The third kappa shape index (κ3) is 6.66. The Morgan fingerprint density at radius 1 is 1.12 bits per heavy atom. The van der Waals surface area contributed by atoms with Gasteiger partial charge in [-0.25, -0.2) is 18.1 Å². The zero-order chi connectivity index (χ0) is 29.1. The molecule has 11 heteroatoms. The summed E-state index contributed by atoms with van der Waals surface area (Å²) in [6.07, 6.45) is 4.92. The fourth-order valence-electron chi connectivity index (χ4n) is 5.41. The Bertz CT molecular complexity index is 1690. The first-order chi connectivity index (χ1) is 19.6. The van der Waals surface area contributed by atoms with E-state index < -0.39 is 16.1 Å². The lowest BCUT2D eigenvalue weighted by Gasteiger charge is -2.27. The van der Waals surface area contributed by atoms with Gasteiger partial charge < -0.3 is 16.0 Å². The first-order valence-corrected chi connectivity index (χ1v) is 15.6. The molecule has 0 aliphatic carbocycles. The molecular formula is C30H32Cl2N6O2S. The predicted octanol–water partition coefficient (Wildman–Crippen LogP) is 5.31. The maximum atomic E-state index is 13.9. The van der Waals surface area contributed by atoms with Gasteiger partial charge in [0.2, 0.25) is 10.0 Å². The van der Waals surface area contributed by atoms with Gasteiger partial charge in [0.25, 0.3) is 0 Å². The number of nitrogens with one attached hydrogen (secondary N) is 2. The number of nitrogens with two attached hydrogens (primary N) is 2. The molecule has 3 aromatic carbocycles. The van der Waals surface area contributed by atoms with Crippen LogP contribution in [0.4, 0.5) is 0 Å². The highest BCUT2D eigenvalue weighted by molar-refractivity contribution is 7.89. The van der Waals surface area contributed by atoms with Crippen LogP contribution in [-0.4, -0.2) is 30.3 Å². The number of sulfonamides is 1. The number of rotatable bonds is 10. The minimum atomic E-state index is -3.99. The van der Waals surface area contributed by atoms with Gasteiger partial charge in [0.15, 0.2) is 0 Å². The average molecular weight is 612 g/mol. The second kappa shape index (κ2) is 12.3. The summed E-state index contributed by atoms with van der Waals surface area (Å²) in [5, 5.41) is 8.76. The van der Waals surface area contributed by atoms with Crippen LogP contribution in [0.1, 0.15) is 41.5 Å². The first-order valence-electron chi connectivity index (χ1n) is 13.4. The molecule has 2 heterocycles. The quantitative estimate of drug-likeness (QED) is 0.142. The van der Waals surface area contributed by atoms with E-state index in [1.165, 1.54) is 0 Å². The van der Waals surface area contributed by atoms with Crippen molar-refractivity contribution in [3.05, 3.63) is 106 Å². The molecule has 5 rings (SSSR count). The number of hydrogen-bond donors (Lipinski definition) is 4. The van der Waals surface area contributed by atoms with Crippen molar-refractivity contribution in [1.29, 1.82) is 5.41 Å². The molecule has 6 N–H and O–H groups in total. The zero-order valence-electron chi connectivity index (χ0n) is 22.4. The highest BCUT2D eigenvalue weighted by atomic mass is 35.5. The van der Waals surface area contributed by atoms with Crippen molar-refractivity contribution in [2.75, 3.05) is 6.54 Å². The largest absolute Gasteiger partial charge is 0.384 e. The van der Waals surface area contributed by atoms with Gasteiger partial charge in [0.05, 0.1) is 10.9 Å². The molecule has 0 radical (unpaired) electrons. The summed E-state index contributed by atoms with van der Waals surface area (Å²) in [5.74, 6) is 1.09. The lowest BCUT2D eigenvalue weighted by molar-refractivity contribution is 0.360. The number of aromatic nitrogens is 2. The van der Waals surface area contributed by atoms with Gasteiger partial charge in [0, 0.05) is 39.6 Å². The van der Waals surface area contributed by atoms with Crippen molar-refractivity contribution >= 4 is 39.1 Å². The van der Waals surface area contributed by atoms with E-state index in [4.69, 9.17) is 45.1 Å². The molecule has 8 nitrogen and oxygen atoms in total. The Morgan fingerprint density at radius 3 is 2.68 bits per heavy atom. The van der Waals surface area contributed by atoms with Crippen molar-refractivity contribution in [1.82, 2.24) is 14.3 Å². The molecule has 2 atom stereocenters. The van der Waals surface area contributed by atoms with Crippen LogP contribution in [0.3, 0.4) is 0 Å². The standard InChI is InChI=1S/C30H32Cl2N6O2S/c31-23-7-8-26(27(32)17-23)21-4-2-6-25(16-21)41(39,40)37-28(15-20-3-1-5-22(13-20)29(34)35)30-36-18-24-14-19(9-11-33)10-12-38(24)30/h1-8,13,16-19,28,37H,9-12,14-15,33H2,(H3,34,35). The fourth-order valence-corrected chi connectivity index (χ4v) is 7.17. The molecule has 41 heavy (non-hydrogen) atoms. The van der Waals surface area contributed by atoms with Gasteiger partial charge in [-0.1, -0.05) is 59.6 Å². The smallest absolute Gasteiger partial charge is 0.241 e. The van der Waals surface area contributed by atoms with E-state index in [-0.39, 0.29) is 10.7 Å². The number of hydrogen-bond acceptors (Lipinski definition) is 5. The molecule has 0 fully saturated rings. The van der Waals surface area contributed by atoms with Crippen LogP contribution < -0.4 is 16.2 Å². The van der Waals surface area contributed by atoms with E-state index in [0.29, 0.717) is 51.4 Å². The SMILES string of the molecule is N=C(N)c1cccc(CC(NS(=O)(=O)c2cccc(-c3ccc(Cl)cc3Cl)c2)c2ncc3n2CCC(CCN)C3)c1. The molecule has 2 unspecified atom stereocenters. The van der Waals surface area contributed by atoms with Crippen molar-refractivity contribution in [3.63, 3.8) is 0 Å². The Balaban J connectivity index is 1.50. The number of amidine groups is 1. The highest BCUT2D eigenvalue weighted by Crippen LogP contribution is 2.33. The normalized spacial score (nSPS) is 15.8. The number of nitrogen functional groups attached to an aromatic ring is 1. The second-order valence-corrected chi connectivity index (χ2v) is 12.9. The molecule has 0 saturated carbocycles. The number of benzene rings is 3. The lowest BCUT2D eigenvalue weighted by atomic mass is 9.93. The van der Waals surface area contributed by atoms with E-state index in [1.807, 2.05) is 30.5 Å². The van der Waals surface area contributed by atoms with Crippen molar-refractivity contribution in [2.24, 2.45) is 17.4 Å². The van der Waals surface area contributed by atoms with Gasteiger partial charge in [-0.05, 0) is 79.6 Å². The van der Waals surface area contributed by atoms with Gasteiger partial charge >= 0.3 is 0 Å². The lowest BCUT2D eigenvalue weighted by Crippen LogP contribution is -2.33. The van der Waals surface area contributed by atoms with Crippen LogP contribution in [0.5, 0.6) is 0 Å². The topological polar surface area (TPSA) is 140 Å². The molecule has 1 aliphatic heterocycles. The Hall–Kier alpha value is -3.21. The molecule has 1 aromatic heterocycles. The monoisotopic (exact) mass is 610 g/mol. The zero-order valence-corrected chi connectivity index (χ0v) is 24.7. The van der Waals surface area contributed by atoms with Gasteiger partial charge in [-0.15, -0.1) is 0 Å². The van der Waals surface area contributed by atoms with Crippen LogP contribution in [0.2, 0.25) is 10.0 Å². The van der Waals surface area contributed by atoms with Crippen LogP contribution in [0.15, 0.2) is 77.8 Å². The average Bonchev–Trinajstić information content (AvgIpc) is 3.36. The maximum Gasteiger partial charge on any atom is 0.241 e. The Morgan fingerprint density at radius 2 is 1.93 bits per heavy atom. The predicted molar refractivity (Wildman–Crippen MR) is 164 cm³/mol. The van der Waals surface area contributed by atoms with Crippen LogP contribution in [0, 0.1) is 11.3 Å². The Labute approximate surface area is 250 Å². The van der Waals surface area contributed by atoms with Crippen molar-refractivity contribution in [2.45, 2.75) is 43.2 Å². The van der Waals surface area contributed by atoms with E-state index in [2.05, 4.69) is 9.29 Å². The van der Waals surface area contributed by atoms with Gasteiger partial charge in [-0.2, -0.15) is 0 Å². The van der Waals surface area contributed by atoms with E-state index in [9.17, 15) is 8.42 Å².